The van der Waals surface area contributed by atoms with Crippen molar-refractivity contribution in [3.63, 3.8) is 0 Å². The van der Waals surface area contributed by atoms with Gasteiger partial charge >= 0.3 is 0 Å². The lowest BCUT2D eigenvalue weighted by molar-refractivity contribution is 0.601. The quantitative estimate of drug-likeness (QED) is 0.850. The minimum Gasteiger partial charge on any atom is -0.399 e. The summed E-state index contributed by atoms with van der Waals surface area (Å²) >= 11 is 1.34. The maximum atomic E-state index is 12.3. The fourth-order valence-electron chi connectivity index (χ4n) is 1.91. The molecule has 5 nitrogen and oxygen atoms in total. The van der Waals surface area contributed by atoms with E-state index in [1.807, 2.05) is 13.8 Å². The van der Waals surface area contributed by atoms with Crippen LogP contribution >= 0.6 is 11.3 Å². The monoisotopic (exact) mass is 311 g/mol. The Morgan fingerprint density at radius 3 is 2.55 bits per heavy atom. The Hall–Kier alpha value is -1.60. The van der Waals surface area contributed by atoms with Crippen molar-refractivity contribution >= 4 is 32.2 Å². The molecule has 20 heavy (non-hydrogen) atoms. The molecule has 0 spiro atoms. The topological polar surface area (TPSA) is 85.1 Å². The second-order valence-electron chi connectivity index (χ2n) is 4.56. The van der Waals surface area contributed by atoms with Gasteiger partial charge in [0.2, 0.25) is 0 Å². The molecule has 3 N–H and O–H groups in total. The number of nitrogens with one attached hydrogen (secondary N) is 1. The molecule has 0 amide bonds. The first kappa shape index (κ1) is 14.8. The van der Waals surface area contributed by atoms with Crippen LogP contribution in [0.25, 0.3) is 0 Å². The zero-order valence-electron chi connectivity index (χ0n) is 11.6. The lowest BCUT2D eigenvalue weighted by atomic mass is 10.2. The summed E-state index contributed by atoms with van der Waals surface area (Å²) in [6.07, 6.45) is 0.779. The fraction of sp³-hybridized carbons (Fsp3) is 0.308. The van der Waals surface area contributed by atoms with Gasteiger partial charge in [-0.3, -0.25) is 4.72 Å². The van der Waals surface area contributed by atoms with E-state index in [2.05, 4.69) is 9.71 Å². The molecule has 0 unspecified atom stereocenters. The molecule has 108 valence electrons. The van der Waals surface area contributed by atoms with Crippen LogP contribution in [-0.2, 0) is 16.4 Å². The second-order valence-corrected chi connectivity index (χ2v) is 7.45. The molecule has 0 aliphatic heterocycles. The standard InChI is InChI=1S/C13H17N3O2S2/c1-4-12-9(3)19-13(15-12)16-20(17,18)11-6-8(2)5-10(14)7-11/h5-7H,4,14H2,1-3H3,(H,15,16). The summed E-state index contributed by atoms with van der Waals surface area (Å²) < 4.78 is 27.1. The summed E-state index contributed by atoms with van der Waals surface area (Å²) in [5, 5.41) is 0.388. The van der Waals surface area contributed by atoms with E-state index in [0.717, 1.165) is 22.6 Å². The van der Waals surface area contributed by atoms with Gasteiger partial charge in [0, 0.05) is 10.6 Å². The number of nitrogens with zero attached hydrogens (tertiary/aromatic N) is 1. The first-order valence-corrected chi connectivity index (χ1v) is 8.48. The molecule has 7 heteroatoms. The smallest absolute Gasteiger partial charge is 0.263 e. The van der Waals surface area contributed by atoms with E-state index >= 15 is 0 Å². The van der Waals surface area contributed by atoms with Crippen molar-refractivity contribution in [1.29, 1.82) is 0 Å². The number of aryl methyl sites for hydroxylation is 3. The Morgan fingerprint density at radius 1 is 1.30 bits per heavy atom. The van der Waals surface area contributed by atoms with Crippen molar-refractivity contribution < 1.29 is 8.42 Å². The minimum atomic E-state index is -3.65. The van der Waals surface area contributed by atoms with Gasteiger partial charge < -0.3 is 5.73 Å². The van der Waals surface area contributed by atoms with Crippen LogP contribution < -0.4 is 10.5 Å². The van der Waals surface area contributed by atoms with E-state index in [9.17, 15) is 8.42 Å². The largest absolute Gasteiger partial charge is 0.399 e. The van der Waals surface area contributed by atoms with Crippen LogP contribution in [-0.4, -0.2) is 13.4 Å². The summed E-state index contributed by atoms with van der Waals surface area (Å²) in [5.41, 5.74) is 7.83. The number of thiazole rings is 1. The molecule has 0 aliphatic carbocycles. The number of nitrogens with two attached hydrogens (primary N) is 1. The Balaban J connectivity index is 2.35. The van der Waals surface area contributed by atoms with Gasteiger partial charge in [0.15, 0.2) is 5.13 Å². The van der Waals surface area contributed by atoms with Crippen LogP contribution in [0.3, 0.4) is 0 Å². The normalized spacial score (nSPS) is 11.6. The lowest BCUT2D eigenvalue weighted by Crippen LogP contribution is -2.13. The number of benzene rings is 1. The Morgan fingerprint density at radius 2 is 2.00 bits per heavy atom. The number of sulfonamides is 1. The Kier molecular flexibility index (Phi) is 4.01. The lowest BCUT2D eigenvalue weighted by Gasteiger charge is -2.07. The van der Waals surface area contributed by atoms with Crippen LogP contribution in [0.1, 0.15) is 23.1 Å². The van der Waals surface area contributed by atoms with Crippen molar-refractivity contribution in [2.75, 3.05) is 10.5 Å². The molecule has 1 aromatic carbocycles. The highest BCUT2D eigenvalue weighted by molar-refractivity contribution is 7.93. The maximum Gasteiger partial charge on any atom is 0.263 e. The van der Waals surface area contributed by atoms with Crippen LogP contribution in [0, 0.1) is 13.8 Å². The average molecular weight is 311 g/mol. The first-order chi connectivity index (χ1) is 9.31. The third-order valence-corrected chi connectivity index (χ3v) is 5.21. The molecular weight excluding hydrogens is 294 g/mol. The SMILES string of the molecule is CCc1nc(NS(=O)(=O)c2cc(C)cc(N)c2)sc1C. The van der Waals surface area contributed by atoms with Gasteiger partial charge in [-0.15, -0.1) is 11.3 Å². The van der Waals surface area contributed by atoms with Crippen molar-refractivity contribution in [3.8, 4) is 0 Å². The Labute approximate surface area is 122 Å². The highest BCUT2D eigenvalue weighted by Gasteiger charge is 2.18. The number of hydrogen-bond donors (Lipinski definition) is 2. The molecular formula is C13H17N3O2S2. The van der Waals surface area contributed by atoms with Crippen molar-refractivity contribution in [3.05, 3.63) is 34.3 Å². The number of anilines is 2. The van der Waals surface area contributed by atoms with Gasteiger partial charge in [0.25, 0.3) is 10.0 Å². The van der Waals surface area contributed by atoms with Crippen LogP contribution in [0.5, 0.6) is 0 Å². The van der Waals surface area contributed by atoms with Gasteiger partial charge in [-0.1, -0.05) is 6.92 Å². The summed E-state index contributed by atoms with van der Waals surface area (Å²) in [7, 11) is -3.65. The molecule has 0 fully saturated rings. The molecule has 1 heterocycles. The van der Waals surface area contributed by atoms with Crippen molar-refractivity contribution in [1.82, 2.24) is 4.98 Å². The van der Waals surface area contributed by atoms with E-state index in [-0.39, 0.29) is 4.90 Å². The molecule has 2 rings (SSSR count). The highest BCUT2D eigenvalue weighted by Crippen LogP contribution is 2.25. The zero-order chi connectivity index (χ0) is 14.9. The van der Waals surface area contributed by atoms with Gasteiger partial charge in [-0.05, 0) is 44.0 Å². The van der Waals surface area contributed by atoms with Crippen molar-refractivity contribution in [2.45, 2.75) is 32.1 Å². The van der Waals surface area contributed by atoms with E-state index < -0.39 is 10.0 Å². The number of aromatic nitrogens is 1. The molecule has 0 bridgehead atoms. The summed E-state index contributed by atoms with van der Waals surface area (Å²) in [5.74, 6) is 0. The molecule has 0 radical (unpaired) electrons. The van der Waals surface area contributed by atoms with E-state index in [1.165, 1.54) is 17.4 Å². The first-order valence-electron chi connectivity index (χ1n) is 6.18. The molecule has 0 saturated heterocycles. The average Bonchev–Trinajstić information content (AvgIpc) is 2.67. The minimum absolute atomic E-state index is 0.154. The summed E-state index contributed by atoms with van der Waals surface area (Å²) in [4.78, 5) is 5.46. The Bertz CT molecular complexity index is 716. The predicted octanol–water partition coefficient (Wildman–Crippen LogP) is 2.71. The van der Waals surface area contributed by atoms with Crippen LogP contribution in [0.15, 0.2) is 23.1 Å². The molecule has 0 atom stereocenters. The highest BCUT2D eigenvalue weighted by atomic mass is 32.2. The van der Waals surface area contributed by atoms with Crippen LogP contribution in [0.4, 0.5) is 10.8 Å². The van der Waals surface area contributed by atoms with Gasteiger partial charge in [-0.2, -0.15) is 0 Å². The van der Waals surface area contributed by atoms with Gasteiger partial charge in [0.1, 0.15) is 0 Å². The molecule has 1 aromatic heterocycles. The van der Waals surface area contributed by atoms with Gasteiger partial charge in [-0.25, -0.2) is 13.4 Å². The summed E-state index contributed by atoms with van der Waals surface area (Å²) in [6.45, 7) is 5.72. The maximum absolute atomic E-state index is 12.3. The number of rotatable bonds is 4. The predicted molar refractivity (Wildman–Crippen MR) is 82.6 cm³/mol. The number of nitrogen functional groups attached to an aromatic ring is 1. The van der Waals surface area contributed by atoms with E-state index in [1.54, 1.807) is 19.1 Å². The van der Waals surface area contributed by atoms with Crippen molar-refractivity contribution in [2.24, 2.45) is 0 Å². The fourth-order valence-corrected chi connectivity index (χ4v) is 4.18. The second kappa shape index (κ2) is 5.41. The van der Waals surface area contributed by atoms with Gasteiger partial charge in [0.05, 0.1) is 10.6 Å². The molecule has 2 aromatic rings. The summed E-state index contributed by atoms with van der Waals surface area (Å²) in [6, 6.07) is 4.75. The van der Waals surface area contributed by atoms with E-state index in [4.69, 9.17) is 5.73 Å². The molecule has 0 saturated carbocycles. The zero-order valence-corrected chi connectivity index (χ0v) is 13.2. The van der Waals surface area contributed by atoms with Crippen LogP contribution in [0.2, 0.25) is 0 Å². The third kappa shape index (κ3) is 3.10. The molecule has 0 aliphatic rings. The third-order valence-electron chi connectivity index (χ3n) is 2.83. The number of hydrogen-bond acceptors (Lipinski definition) is 5. The van der Waals surface area contributed by atoms with E-state index in [0.29, 0.717) is 10.8 Å².